The highest BCUT2D eigenvalue weighted by atomic mass is 16.5. The van der Waals surface area contributed by atoms with Crippen molar-refractivity contribution < 1.29 is 9.15 Å². The Bertz CT molecular complexity index is 479. The van der Waals surface area contributed by atoms with E-state index in [-0.39, 0.29) is 6.04 Å². The van der Waals surface area contributed by atoms with Gasteiger partial charge < -0.3 is 14.5 Å². The molecule has 3 heteroatoms. The third-order valence-corrected chi connectivity index (χ3v) is 2.97. The molecule has 0 spiro atoms. The van der Waals surface area contributed by atoms with E-state index in [1.807, 2.05) is 36.4 Å². The van der Waals surface area contributed by atoms with Gasteiger partial charge in [-0.2, -0.15) is 0 Å². The molecule has 2 rings (SSSR count). The highest BCUT2D eigenvalue weighted by Crippen LogP contribution is 2.29. The standard InChI is InChI=1S/C16H21NO2/c1-3-11-18-16-9-6-5-8-14(16)17-13(4-2)15-10-7-12-19-15/h5-10,12-13,17H,3-4,11H2,1-2H3. The maximum Gasteiger partial charge on any atom is 0.142 e. The van der Waals surface area contributed by atoms with E-state index in [0.717, 1.165) is 36.6 Å². The maximum absolute atomic E-state index is 5.76. The van der Waals surface area contributed by atoms with Gasteiger partial charge in [0.15, 0.2) is 0 Å². The Labute approximate surface area is 114 Å². The highest BCUT2D eigenvalue weighted by Gasteiger charge is 2.13. The van der Waals surface area contributed by atoms with E-state index in [9.17, 15) is 0 Å². The average molecular weight is 259 g/mol. The normalized spacial score (nSPS) is 12.1. The molecule has 102 valence electrons. The molecule has 1 aromatic carbocycles. The van der Waals surface area contributed by atoms with Crippen LogP contribution >= 0.6 is 0 Å². The largest absolute Gasteiger partial charge is 0.491 e. The van der Waals surface area contributed by atoms with E-state index >= 15 is 0 Å². The van der Waals surface area contributed by atoms with Gasteiger partial charge in [-0.1, -0.05) is 26.0 Å². The third kappa shape index (κ3) is 3.53. The summed E-state index contributed by atoms with van der Waals surface area (Å²) in [5.41, 5.74) is 1.01. The van der Waals surface area contributed by atoms with Crippen LogP contribution in [0.3, 0.4) is 0 Å². The van der Waals surface area contributed by atoms with Crippen LogP contribution in [-0.4, -0.2) is 6.61 Å². The van der Waals surface area contributed by atoms with Gasteiger partial charge in [-0.3, -0.25) is 0 Å². The lowest BCUT2D eigenvalue weighted by atomic mass is 10.1. The average Bonchev–Trinajstić information content (AvgIpc) is 2.97. The van der Waals surface area contributed by atoms with Crippen LogP contribution in [0.1, 0.15) is 38.5 Å². The predicted octanol–water partition coefficient (Wildman–Crippen LogP) is 4.63. The lowest BCUT2D eigenvalue weighted by molar-refractivity contribution is 0.318. The second-order valence-electron chi connectivity index (χ2n) is 4.47. The van der Waals surface area contributed by atoms with E-state index in [1.165, 1.54) is 0 Å². The number of furan rings is 1. The molecule has 1 heterocycles. The number of hydrogen-bond acceptors (Lipinski definition) is 3. The molecule has 2 aromatic rings. The van der Waals surface area contributed by atoms with Crippen LogP contribution in [0.25, 0.3) is 0 Å². The van der Waals surface area contributed by atoms with E-state index in [2.05, 4.69) is 19.2 Å². The third-order valence-electron chi connectivity index (χ3n) is 2.97. The summed E-state index contributed by atoms with van der Waals surface area (Å²) >= 11 is 0. The van der Waals surface area contributed by atoms with E-state index in [1.54, 1.807) is 6.26 Å². The highest BCUT2D eigenvalue weighted by molar-refractivity contribution is 5.57. The Morgan fingerprint density at radius 1 is 1.16 bits per heavy atom. The summed E-state index contributed by atoms with van der Waals surface area (Å²) in [5, 5.41) is 3.49. The molecular weight excluding hydrogens is 238 g/mol. The number of para-hydroxylation sites is 2. The fourth-order valence-electron chi connectivity index (χ4n) is 1.98. The lowest BCUT2D eigenvalue weighted by Crippen LogP contribution is -2.10. The molecule has 0 aliphatic carbocycles. The van der Waals surface area contributed by atoms with Crippen LogP contribution in [0.4, 0.5) is 5.69 Å². The molecule has 0 radical (unpaired) electrons. The fourth-order valence-corrected chi connectivity index (χ4v) is 1.98. The molecule has 1 aromatic heterocycles. The van der Waals surface area contributed by atoms with Gasteiger partial charge in [-0.15, -0.1) is 0 Å². The topological polar surface area (TPSA) is 34.4 Å². The summed E-state index contributed by atoms with van der Waals surface area (Å²) in [7, 11) is 0. The van der Waals surface area contributed by atoms with Crippen molar-refractivity contribution in [3.8, 4) is 5.75 Å². The van der Waals surface area contributed by atoms with Crippen LogP contribution < -0.4 is 10.1 Å². The van der Waals surface area contributed by atoms with Gasteiger partial charge >= 0.3 is 0 Å². The summed E-state index contributed by atoms with van der Waals surface area (Å²) in [4.78, 5) is 0. The van der Waals surface area contributed by atoms with Gasteiger partial charge in [0.25, 0.3) is 0 Å². The Morgan fingerprint density at radius 3 is 2.68 bits per heavy atom. The molecule has 1 N–H and O–H groups in total. The molecule has 0 saturated heterocycles. The fraction of sp³-hybridized carbons (Fsp3) is 0.375. The van der Waals surface area contributed by atoms with E-state index < -0.39 is 0 Å². The molecule has 1 unspecified atom stereocenters. The summed E-state index contributed by atoms with van der Waals surface area (Å²) in [6, 6.07) is 12.1. The van der Waals surface area contributed by atoms with Crippen LogP contribution in [0.2, 0.25) is 0 Å². The van der Waals surface area contributed by atoms with Crippen molar-refractivity contribution in [2.45, 2.75) is 32.7 Å². The SMILES string of the molecule is CCCOc1ccccc1NC(CC)c1ccco1. The van der Waals surface area contributed by atoms with Crippen molar-refractivity contribution in [3.63, 3.8) is 0 Å². The van der Waals surface area contributed by atoms with Crippen LogP contribution in [-0.2, 0) is 0 Å². The lowest BCUT2D eigenvalue weighted by Gasteiger charge is -2.18. The first-order valence-electron chi connectivity index (χ1n) is 6.87. The maximum atomic E-state index is 5.76. The van der Waals surface area contributed by atoms with Gasteiger partial charge in [0.1, 0.15) is 11.5 Å². The second kappa shape index (κ2) is 6.88. The minimum absolute atomic E-state index is 0.168. The smallest absolute Gasteiger partial charge is 0.142 e. The van der Waals surface area contributed by atoms with E-state index in [4.69, 9.17) is 9.15 Å². The molecule has 0 aliphatic heterocycles. The summed E-state index contributed by atoms with van der Waals surface area (Å²) in [6.45, 7) is 4.97. The molecule has 3 nitrogen and oxygen atoms in total. The van der Waals surface area contributed by atoms with Crippen molar-refractivity contribution in [3.05, 3.63) is 48.4 Å². The molecule has 0 saturated carbocycles. The zero-order valence-electron chi connectivity index (χ0n) is 11.6. The van der Waals surface area contributed by atoms with E-state index in [0.29, 0.717) is 0 Å². The summed E-state index contributed by atoms with van der Waals surface area (Å²) < 4.78 is 11.2. The Hall–Kier alpha value is -1.90. The second-order valence-corrected chi connectivity index (χ2v) is 4.47. The first-order valence-corrected chi connectivity index (χ1v) is 6.87. The number of rotatable bonds is 7. The summed E-state index contributed by atoms with van der Waals surface area (Å²) in [6.07, 6.45) is 3.67. The monoisotopic (exact) mass is 259 g/mol. The molecule has 0 aliphatic rings. The van der Waals surface area contributed by atoms with Gasteiger partial charge in [0.05, 0.1) is 24.6 Å². The van der Waals surface area contributed by atoms with Crippen molar-refractivity contribution in [1.29, 1.82) is 0 Å². The molecule has 0 bridgehead atoms. The molecule has 0 fully saturated rings. The minimum atomic E-state index is 0.168. The zero-order valence-corrected chi connectivity index (χ0v) is 11.6. The van der Waals surface area contributed by atoms with Gasteiger partial charge in [0, 0.05) is 0 Å². The van der Waals surface area contributed by atoms with Crippen LogP contribution in [0.15, 0.2) is 47.1 Å². The summed E-state index contributed by atoms with van der Waals surface area (Å²) in [5.74, 6) is 1.85. The first kappa shape index (κ1) is 13.5. The van der Waals surface area contributed by atoms with Crippen molar-refractivity contribution >= 4 is 5.69 Å². The Kier molecular flexibility index (Phi) is 4.90. The Morgan fingerprint density at radius 2 is 2.00 bits per heavy atom. The van der Waals surface area contributed by atoms with Gasteiger partial charge in [0.2, 0.25) is 0 Å². The number of ether oxygens (including phenoxy) is 1. The van der Waals surface area contributed by atoms with Gasteiger partial charge in [-0.05, 0) is 37.1 Å². The quantitative estimate of drug-likeness (QED) is 0.787. The van der Waals surface area contributed by atoms with Crippen molar-refractivity contribution in [1.82, 2.24) is 0 Å². The molecule has 0 amide bonds. The minimum Gasteiger partial charge on any atom is -0.491 e. The van der Waals surface area contributed by atoms with Crippen LogP contribution in [0, 0.1) is 0 Å². The predicted molar refractivity (Wildman–Crippen MR) is 77.6 cm³/mol. The molecule has 19 heavy (non-hydrogen) atoms. The number of hydrogen-bond donors (Lipinski definition) is 1. The number of benzene rings is 1. The number of anilines is 1. The molecule has 1 atom stereocenters. The number of nitrogens with one attached hydrogen (secondary N) is 1. The van der Waals surface area contributed by atoms with Crippen molar-refractivity contribution in [2.75, 3.05) is 11.9 Å². The van der Waals surface area contributed by atoms with Gasteiger partial charge in [-0.25, -0.2) is 0 Å². The molecular formula is C16H21NO2. The van der Waals surface area contributed by atoms with Crippen molar-refractivity contribution in [2.24, 2.45) is 0 Å². The Balaban J connectivity index is 2.13. The van der Waals surface area contributed by atoms with Crippen LogP contribution in [0.5, 0.6) is 5.75 Å². The first-order chi connectivity index (χ1) is 9.35. The zero-order chi connectivity index (χ0) is 13.5.